The van der Waals surface area contributed by atoms with Gasteiger partial charge in [-0.3, -0.25) is 9.59 Å². The second-order valence-corrected chi connectivity index (χ2v) is 9.57. The first-order valence-corrected chi connectivity index (χ1v) is 12.9. The van der Waals surface area contributed by atoms with Crippen LogP contribution in [0.1, 0.15) is 78.7 Å². The van der Waals surface area contributed by atoms with Gasteiger partial charge >= 0.3 is 0 Å². The highest BCUT2D eigenvalue weighted by molar-refractivity contribution is 6.32. The molecule has 0 radical (unpaired) electrons. The minimum atomic E-state index is -0.0774. The molecule has 0 atom stereocenters. The highest BCUT2D eigenvalue weighted by atomic mass is 35.5. The van der Waals surface area contributed by atoms with Crippen LogP contribution in [0, 0.1) is 0 Å². The molecule has 0 saturated heterocycles. The van der Waals surface area contributed by atoms with Gasteiger partial charge in [0.2, 0.25) is 0 Å². The Morgan fingerprint density at radius 1 is 0.829 bits per heavy atom. The summed E-state index contributed by atoms with van der Waals surface area (Å²) in [7, 11) is 0. The van der Waals surface area contributed by atoms with Crippen LogP contribution in [0.3, 0.4) is 0 Å². The third-order valence-corrected chi connectivity index (χ3v) is 6.95. The number of fused-ring (bicyclic) bond motifs is 3. The van der Waals surface area contributed by atoms with Gasteiger partial charge in [0.25, 0.3) is 0 Å². The first-order chi connectivity index (χ1) is 17.0. The number of unbranched alkanes of at least 4 members (excludes halogenated alkanes) is 5. The van der Waals surface area contributed by atoms with Gasteiger partial charge in [0.1, 0.15) is 0 Å². The largest absolute Gasteiger partial charge is 0.340 e. The molecular formula is C31H32ClNO2. The van der Waals surface area contributed by atoms with Crippen molar-refractivity contribution >= 4 is 51.0 Å². The number of carbonyl (C=O) groups is 2. The molecule has 0 saturated carbocycles. The maximum atomic E-state index is 13.0. The van der Waals surface area contributed by atoms with Crippen LogP contribution in [-0.4, -0.2) is 16.1 Å². The summed E-state index contributed by atoms with van der Waals surface area (Å²) in [5.74, 6) is -0.0370. The first kappa shape index (κ1) is 24.9. The van der Waals surface area contributed by atoms with Crippen molar-refractivity contribution in [2.24, 2.45) is 0 Å². The molecule has 0 aliphatic heterocycles. The van der Waals surface area contributed by atoms with E-state index in [1.54, 1.807) is 19.1 Å². The highest BCUT2D eigenvalue weighted by Gasteiger charge is 2.14. The van der Waals surface area contributed by atoms with Crippen LogP contribution in [0.15, 0.2) is 66.7 Å². The summed E-state index contributed by atoms with van der Waals surface area (Å²) >= 11 is 6.22. The van der Waals surface area contributed by atoms with E-state index < -0.39 is 0 Å². The molecule has 4 aromatic rings. The van der Waals surface area contributed by atoms with Gasteiger partial charge in [0.15, 0.2) is 11.6 Å². The summed E-state index contributed by atoms with van der Waals surface area (Å²) in [6.07, 6.45) is 10.7. The first-order valence-electron chi connectivity index (χ1n) is 12.5. The second-order valence-electron chi connectivity index (χ2n) is 9.16. The summed E-state index contributed by atoms with van der Waals surface area (Å²) in [6, 6.07) is 19.3. The zero-order valence-electron chi connectivity index (χ0n) is 20.5. The molecule has 3 aromatic carbocycles. The van der Waals surface area contributed by atoms with Gasteiger partial charge in [-0.05, 0) is 73.5 Å². The fourth-order valence-corrected chi connectivity index (χ4v) is 4.84. The fourth-order valence-electron chi connectivity index (χ4n) is 4.64. The van der Waals surface area contributed by atoms with Gasteiger partial charge in [-0.25, -0.2) is 0 Å². The third-order valence-electron chi connectivity index (χ3n) is 6.61. The molecule has 0 unspecified atom stereocenters. The van der Waals surface area contributed by atoms with Gasteiger partial charge in [0, 0.05) is 44.5 Å². The lowest BCUT2D eigenvalue weighted by Gasteiger charge is -2.08. The van der Waals surface area contributed by atoms with Gasteiger partial charge in [-0.2, -0.15) is 0 Å². The van der Waals surface area contributed by atoms with E-state index in [2.05, 4.69) is 11.5 Å². The van der Waals surface area contributed by atoms with Crippen LogP contribution in [0.25, 0.3) is 27.9 Å². The Bertz CT molecular complexity index is 1400. The minimum absolute atomic E-state index is 0.0404. The van der Waals surface area contributed by atoms with Crippen molar-refractivity contribution in [3.8, 4) is 0 Å². The summed E-state index contributed by atoms with van der Waals surface area (Å²) < 4.78 is 2.34. The standard InChI is InChI=1S/C31H32ClNO2/c1-3-4-5-6-7-10-19-33-29-16-13-24(22(2)34)20-26(29)27-21-25(14-17-30(27)33)31(35)18-15-23-11-8-9-12-28(23)32/h8-9,11-18,20-21H,3-7,10,19H2,1-2H3/b18-15+. The van der Waals surface area contributed by atoms with Gasteiger partial charge in [0.05, 0.1) is 0 Å². The molecule has 4 rings (SSSR count). The van der Waals surface area contributed by atoms with E-state index in [4.69, 9.17) is 11.6 Å². The van der Waals surface area contributed by atoms with E-state index in [0.29, 0.717) is 16.1 Å². The number of halogens is 1. The number of allylic oxidation sites excluding steroid dienone is 1. The molecule has 0 spiro atoms. The Morgan fingerprint density at radius 2 is 1.46 bits per heavy atom. The van der Waals surface area contributed by atoms with Crippen molar-refractivity contribution in [3.05, 3.63) is 88.5 Å². The third kappa shape index (κ3) is 5.74. The predicted octanol–water partition coefficient (Wildman–Crippen LogP) is 8.91. The molecule has 0 aliphatic carbocycles. The summed E-state index contributed by atoms with van der Waals surface area (Å²) in [4.78, 5) is 25.1. The number of rotatable bonds is 11. The van der Waals surface area contributed by atoms with Gasteiger partial charge in [-0.15, -0.1) is 0 Å². The number of Topliss-reactive ketones (excluding diaryl/α,β-unsaturated/α-hetero) is 1. The number of benzene rings is 3. The predicted molar refractivity (Wildman–Crippen MR) is 148 cm³/mol. The van der Waals surface area contributed by atoms with Crippen molar-refractivity contribution in [1.29, 1.82) is 0 Å². The maximum absolute atomic E-state index is 13.0. The van der Waals surface area contributed by atoms with E-state index in [1.807, 2.05) is 60.7 Å². The molecule has 0 aliphatic rings. The molecule has 180 valence electrons. The van der Waals surface area contributed by atoms with Crippen molar-refractivity contribution in [3.63, 3.8) is 0 Å². The Hall–Kier alpha value is -3.17. The molecular weight excluding hydrogens is 454 g/mol. The molecule has 0 N–H and O–H groups in total. The second kappa shape index (κ2) is 11.5. The normalized spacial score (nSPS) is 11.6. The number of aryl methyl sites for hydroxylation is 1. The van der Waals surface area contributed by atoms with Crippen LogP contribution in [0.2, 0.25) is 5.02 Å². The average Bonchev–Trinajstić information content (AvgIpc) is 3.17. The van der Waals surface area contributed by atoms with Crippen molar-refractivity contribution < 1.29 is 9.59 Å². The highest BCUT2D eigenvalue weighted by Crippen LogP contribution is 2.32. The SMILES string of the molecule is CCCCCCCCn1c2ccc(C(C)=O)cc2c2cc(C(=O)/C=C/c3ccccc3Cl)ccc21. The molecule has 0 amide bonds. The average molecular weight is 486 g/mol. The lowest BCUT2D eigenvalue weighted by atomic mass is 10.0. The van der Waals surface area contributed by atoms with Crippen LogP contribution < -0.4 is 0 Å². The zero-order valence-corrected chi connectivity index (χ0v) is 21.3. The Morgan fingerprint density at radius 3 is 2.14 bits per heavy atom. The van der Waals surface area contributed by atoms with E-state index in [-0.39, 0.29) is 11.6 Å². The Kier molecular flexibility index (Phi) is 8.20. The smallest absolute Gasteiger partial charge is 0.185 e. The van der Waals surface area contributed by atoms with Crippen LogP contribution in [0.5, 0.6) is 0 Å². The number of carbonyl (C=O) groups excluding carboxylic acids is 2. The van der Waals surface area contributed by atoms with Gasteiger partial charge < -0.3 is 4.57 Å². The quantitative estimate of drug-likeness (QED) is 0.121. The Labute approximate surface area is 212 Å². The number of aromatic nitrogens is 1. The number of hydrogen-bond acceptors (Lipinski definition) is 2. The summed E-state index contributed by atoms with van der Waals surface area (Å²) in [6.45, 7) is 4.75. The lowest BCUT2D eigenvalue weighted by molar-refractivity contribution is 0.101. The molecule has 1 aromatic heterocycles. The minimum Gasteiger partial charge on any atom is -0.340 e. The number of hydrogen-bond donors (Lipinski definition) is 0. The van der Waals surface area contributed by atoms with Crippen LogP contribution in [0.4, 0.5) is 0 Å². The zero-order chi connectivity index (χ0) is 24.8. The molecule has 35 heavy (non-hydrogen) atoms. The molecule has 0 fully saturated rings. The number of ketones is 2. The molecule has 4 heteroatoms. The van der Waals surface area contributed by atoms with Gasteiger partial charge in [-0.1, -0.05) is 68.8 Å². The van der Waals surface area contributed by atoms with Crippen LogP contribution in [-0.2, 0) is 6.54 Å². The summed E-state index contributed by atoms with van der Waals surface area (Å²) in [5.41, 5.74) is 4.32. The summed E-state index contributed by atoms with van der Waals surface area (Å²) in [5, 5.41) is 2.64. The topological polar surface area (TPSA) is 39.1 Å². The van der Waals surface area contributed by atoms with E-state index in [0.717, 1.165) is 40.3 Å². The maximum Gasteiger partial charge on any atom is 0.185 e. The van der Waals surface area contributed by atoms with Crippen LogP contribution >= 0.6 is 11.6 Å². The van der Waals surface area contributed by atoms with E-state index >= 15 is 0 Å². The number of nitrogens with zero attached hydrogens (tertiary/aromatic N) is 1. The monoisotopic (exact) mass is 485 g/mol. The van der Waals surface area contributed by atoms with E-state index in [9.17, 15) is 9.59 Å². The molecule has 0 bridgehead atoms. The van der Waals surface area contributed by atoms with Crippen molar-refractivity contribution in [1.82, 2.24) is 4.57 Å². The molecule has 3 nitrogen and oxygen atoms in total. The Balaban J connectivity index is 1.68. The molecule has 1 heterocycles. The fraction of sp³-hybridized carbons (Fsp3) is 0.290. The van der Waals surface area contributed by atoms with Crippen molar-refractivity contribution in [2.45, 2.75) is 58.9 Å². The lowest BCUT2D eigenvalue weighted by Crippen LogP contribution is -1.99. The van der Waals surface area contributed by atoms with Crippen molar-refractivity contribution in [2.75, 3.05) is 0 Å². The van der Waals surface area contributed by atoms with E-state index in [1.165, 1.54) is 32.1 Å².